The Morgan fingerprint density at radius 1 is 0.872 bits per heavy atom. The molecular formula is C31H25N3O5. The van der Waals surface area contributed by atoms with Crippen molar-refractivity contribution < 1.29 is 19.0 Å². The number of ether oxygens (including phenoxy) is 3. The van der Waals surface area contributed by atoms with E-state index in [2.05, 4.69) is 5.10 Å². The van der Waals surface area contributed by atoms with Gasteiger partial charge in [-0.2, -0.15) is 9.78 Å². The van der Waals surface area contributed by atoms with Gasteiger partial charge in [-0.3, -0.25) is 4.79 Å². The summed E-state index contributed by atoms with van der Waals surface area (Å²) in [6.07, 6.45) is 1.53. The number of fused-ring (bicyclic) bond motifs is 1. The van der Waals surface area contributed by atoms with Crippen molar-refractivity contribution in [3.8, 4) is 28.6 Å². The Labute approximate surface area is 224 Å². The molecule has 4 aromatic carbocycles. The Bertz CT molecular complexity index is 1740. The number of methoxy groups -OCH3 is 2. The van der Waals surface area contributed by atoms with Crippen LogP contribution in [0.5, 0.6) is 17.2 Å². The number of para-hydroxylation sites is 1. The summed E-state index contributed by atoms with van der Waals surface area (Å²) >= 11 is 0. The monoisotopic (exact) mass is 519 g/mol. The highest BCUT2D eigenvalue weighted by Crippen LogP contribution is 2.29. The van der Waals surface area contributed by atoms with Gasteiger partial charge >= 0.3 is 5.97 Å². The SMILES string of the molecule is COc1ccc(C(=O)Oc2ccc(C=Nn3c(-c4ccc(C)cc4)nc4ccccc4c3=O)cc2OC)cc1. The number of aryl methyl sites for hydroxylation is 1. The number of aromatic nitrogens is 2. The molecule has 0 aliphatic carbocycles. The quantitative estimate of drug-likeness (QED) is 0.160. The Morgan fingerprint density at radius 3 is 2.33 bits per heavy atom. The maximum atomic E-state index is 13.4. The van der Waals surface area contributed by atoms with Crippen molar-refractivity contribution in [2.45, 2.75) is 6.92 Å². The molecule has 0 amide bonds. The van der Waals surface area contributed by atoms with Gasteiger partial charge in [-0.25, -0.2) is 9.78 Å². The van der Waals surface area contributed by atoms with E-state index in [1.807, 2.05) is 37.3 Å². The number of rotatable bonds is 7. The van der Waals surface area contributed by atoms with E-state index in [-0.39, 0.29) is 11.3 Å². The zero-order valence-electron chi connectivity index (χ0n) is 21.6. The third-order valence-electron chi connectivity index (χ3n) is 6.10. The molecule has 0 aliphatic rings. The molecule has 5 rings (SSSR count). The molecule has 0 saturated heterocycles. The molecular weight excluding hydrogens is 494 g/mol. The molecule has 1 aromatic heterocycles. The maximum absolute atomic E-state index is 13.4. The van der Waals surface area contributed by atoms with E-state index in [4.69, 9.17) is 19.2 Å². The van der Waals surface area contributed by atoms with Gasteiger partial charge < -0.3 is 14.2 Å². The predicted octanol–water partition coefficient (Wildman–Crippen LogP) is 5.49. The first kappa shape index (κ1) is 25.4. The molecule has 0 bridgehead atoms. The molecule has 0 N–H and O–H groups in total. The molecule has 0 spiro atoms. The van der Waals surface area contributed by atoms with Gasteiger partial charge in [0.2, 0.25) is 0 Å². The van der Waals surface area contributed by atoms with Crippen molar-refractivity contribution in [1.82, 2.24) is 9.66 Å². The van der Waals surface area contributed by atoms with Crippen LogP contribution in [0.15, 0.2) is 101 Å². The zero-order chi connectivity index (χ0) is 27.4. The summed E-state index contributed by atoms with van der Waals surface area (Å²) in [6.45, 7) is 1.99. The van der Waals surface area contributed by atoms with Crippen LogP contribution in [0.4, 0.5) is 0 Å². The average molecular weight is 520 g/mol. The number of nitrogens with zero attached hydrogens (tertiary/aromatic N) is 3. The van der Waals surface area contributed by atoms with Gasteiger partial charge in [0.05, 0.1) is 36.9 Å². The number of hydrogen-bond donors (Lipinski definition) is 0. The highest BCUT2D eigenvalue weighted by molar-refractivity contribution is 5.92. The van der Waals surface area contributed by atoms with Crippen LogP contribution in [-0.2, 0) is 0 Å². The van der Waals surface area contributed by atoms with Gasteiger partial charge in [-0.1, -0.05) is 42.0 Å². The Kier molecular flexibility index (Phi) is 7.18. The van der Waals surface area contributed by atoms with E-state index in [0.29, 0.717) is 39.4 Å². The van der Waals surface area contributed by atoms with E-state index in [1.165, 1.54) is 18.0 Å². The number of carbonyl (C=O) groups excluding carboxylic acids is 1. The highest BCUT2D eigenvalue weighted by Gasteiger charge is 2.15. The lowest BCUT2D eigenvalue weighted by Crippen LogP contribution is -2.20. The molecule has 0 radical (unpaired) electrons. The summed E-state index contributed by atoms with van der Waals surface area (Å²) in [5.41, 5.74) is 3.16. The average Bonchev–Trinajstić information content (AvgIpc) is 2.97. The van der Waals surface area contributed by atoms with Gasteiger partial charge in [-0.05, 0) is 67.1 Å². The summed E-state index contributed by atoms with van der Waals surface area (Å²) in [7, 11) is 3.04. The second-order valence-electron chi connectivity index (χ2n) is 8.71. The number of hydrogen-bond acceptors (Lipinski definition) is 7. The van der Waals surface area contributed by atoms with Crippen LogP contribution in [0.25, 0.3) is 22.3 Å². The Hall–Kier alpha value is -5.24. The standard InChI is InChI=1S/C31H25N3O5/c1-20-8-11-22(12-9-20)29-33-26-7-5-4-6-25(26)30(35)34(29)32-19-21-10-17-27(28(18-21)38-3)39-31(36)23-13-15-24(37-2)16-14-23/h4-19H,1-3H3. The smallest absolute Gasteiger partial charge is 0.343 e. The molecule has 194 valence electrons. The summed E-state index contributed by atoms with van der Waals surface area (Å²) in [6, 6.07) is 26.5. The van der Waals surface area contributed by atoms with E-state index in [9.17, 15) is 9.59 Å². The van der Waals surface area contributed by atoms with E-state index < -0.39 is 5.97 Å². The summed E-state index contributed by atoms with van der Waals surface area (Å²) < 4.78 is 17.4. The fourth-order valence-electron chi connectivity index (χ4n) is 3.98. The molecule has 0 unspecified atom stereocenters. The first-order valence-electron chi connectivity index (χ1n) is 12.1. The minimum atomic E-state index is -0.533. The zero-order valence-corrected chi connectivity index (χ0v) is 21.6. The molecule has 1 heterocycles. The molecule has 8 nitrogen and oxygen atoms in total. The van der Waals surface area contributed by atoms with Crippen LogP contribution in [0, 0.1) is 6.92 Å². The predicted molar refractivity (Wildman–Crippen MR) is 150 cm³/mol. The number of carbonyl (C=O) groups is 1. The summed E-state index contributed by atoms with van der Waals surface area (Å²) in [5.74, 6) is 1.11. The second-order valence-corrected chi connectivity index (χ2v) is 8.71. The van der Waals surface area contributed by atoms with E-state index >= 15 is 0 Å². The van der Waals surface area contributed by atoms with Gasteiger partial charge in [0.1, 0.15) is 5.75 Å². The van der Waals surface area contributed by atoms with Gasteiger partial charge in [0.15, 0.2) is 17.3 Å². The van der Waals surface area contributed by atoms with E-state index in [0.717, 1.165) is 11.1 Å². The van der Waals surface area contributed by atoms with Gasteiger partial charge in [-0.15, -0.1) is 0 Å². The fourth-order valence-corrected chi connectivity index (χ4v) is 3.98. The molecule has 0 saturated carbocycles. The normalized spacial score (nSPS) is 11.1. The molecule has 0 fully saturated rings. The largest absolute Gasteiger partial charge is 0.497 e. The first-order valence-corrected chi connectivity index (χ1v) is 12.1. The summed E-state index contributed by atoms with van der Waals surface area (Å²) in [5, 5.41) is 4.96. The molecule has 0 aliphatic heterocycles. The van der Waals surface area contributed by atoms with Gasteiger partial charge in [0, 0.05) is 5.56 Å². The number of esters is 1. The van der Waals surface area contributed by atoms with Crippen LogP contribution >= 0.6 is 0 Å². The van der Waals surface area contributed by atoms with Crippen molar-refractivity contribution in [3.63, 3.8) is 0 Å². The van der Waals surface area contributed by atoms with Crippen LogP contribution < -0.4 is 19.8 Å². The van der Waals surface area contributed by atoms with Crippen molar-refractivity contribution in [2.24, 2.45) is 5.10 Å². The molecule has 5 aromatic rings. The van der Waals surface area contributed by atoms with Crippen LogP contribution in [0.3, 0.4) is 0 Å². The molecule has 8 heteroatoms. The summed E-state index contributed by atoms with van der Waals surface area (Å²) in [4.78, 5) is 30.8. The number of benzene rings is 4. The third kappa shape index (κ3) is 5.40. The lowest BCUT2D eigenvalue weighted by Gasteiger charge is -2.11. The lowest BCUT2D eigenvalue weighted by molar-refractivity contribution is 0.0729. The molecule has 0 atom stereocenters. The molecule has 39 heavy (non-hydrogen) atoms. The minimum absolute atomic E-state index is 0.250. The topological polar surface area (TPSA) is 92.0 Å². The van der Waals surface area contributed by atoms with E-state index in [1.54, 1.807) is 67.8 Å². The van der Waals surface area contributed by atoms with Crippen LogP contribution in [0.2, 0.25) is 0 Å². The fraction of sp³-hybridized carbons (Fsp3) is 0.0968. The lowest BCUT2D eigenvalue weighted by atomic mass is 10.1. The Balaban J connectivity index is 1.48. The maximum Gasteiger partial charge on any atom is 0.343 e. The van der Waals surface area contributed by atoms with Gasteiger partial charge in [0.25, 0.3) is 5.56 Å². The highest BCUT2D eigenvalue weighted by atomic mass is 16.6. The third-order valence-corrected chi connectivity index (χ3v) is 6.10. The van der Waals surface area contributed by atoms with Crippen LogP contribution in [-0.4, -0.2) is 36.1 Å². The van der Waals surface area contributed by atoms with Crippen molar-refractivity contribution >= 4 is 23.1 Å². The Morgan fingerprint density at radius 2 is 1.62 bits per heavy atom. The minimum Gasteiger partial charge on any atom is -0.497 e. The van der Waals surface area contributed by atoms with Crippen molar-refractivity contribution in [2.75, 3.05) is 14.2 Å². The second kappa shape index (κ2) is 11.0. The van der Waals surface area contributed by atoms with Crippen molar-refractivity contribution in [1.29, 1.82) is 0 Å². The van der Waals surface area contributed by atoms with Crippen LogP contribution in [0.1, 0.15) is 21.5 Å². The van der Waals surface area contributed by atoms with Crippen molar-refractivity contribution in [3.05, 3.63) is 118 Å². The first-order chi connectivity index (χ1) is 19.0.